The van der Waals surface area contributed by atoms with Gasteiger partial charge in [0.05, 0.1) is 19.2 Å². The third kappa shape index (κ3) is 6.64. The van der Waals surface area contributed by atoms with E-state index in [0.717, 1.165) is 22.3 Å². The molecule has 10 aromatic rings. The van der Waals surface area contributed by atoms with Gasteiger partial charge in [0.2, 0.25) is 0 Å². The maximum absolute atomic E-state index is 5.96. The van der Waals surface area contributed by atoms with Gasteiger partial charge in [-0.1, -0.05) is 157 Å². The molecule has 2 aliphatic carbocycles. The molecule has 0 bridgehead atoms. The molecular weight excluding hydrogens is 873 g/mol. The first-order chi connectivity index (χ1) is 33.1. The molecule has 2 aromatic heterocycles. The number of ether oxygens (including phenoxy) is 2. The molecule has 0 saturated heterocycles. The van der Waals surface area contributed by atoms with Crippen molar-refractivity contribution in [3.05, 3.63) is 237 Å². The maximum Gasteiger partial charge on any atom is 0.149 e. The lowest BCUT2D eigenvalue weighted by atomic mass is 9.71. The predicted molar refractivity (Wildman–Crippen MR) is 280 cm³/mol. The molecule has 0 atom stereocenters. The van der Waals surface area contributed by atoms with Crippen molar-refractivity contribution < 1.29 is 9.47 Å². The first-order valence-corrected chi connectivity index (χ1v) is 24.9. The Bertz CT molecular complexity index is 3360. The van der Waals surface area contributed by atoms with Crippen LogP contribution in [0.5, 0.6) is 11.5 Å². The number of fused-ring (bicyclic) bond motifs is 8. The Labute approximate surface area is 403 Å². The fourth-order valence-corrected chi connectivity index (χ4v) is 14.6. The largest absolute Gasteiger partial charge is 0.481 e. The highest BCUT2D eigenvalue weighted by molar-refractivity contribution is 8.02. The van der Waals surface area contributed by atoms with Gasteiger partial charge in [0.25, 0.3) is 0 Å². The molecule has 0 fully saturated rings. The molecule has 0 unspecified atom stereocenters. The monoisotopic (exact) mass is 914 g/mol. The molecule has 2 nitrogen and oxygen atoms in total. The Morgan fingerprint density at radius 3 is 1.15 bits per heavy atom. The highest BCUT2D eigenvalue weighted by Gasteiger charge is 2.48. The van der Waals surface area contributed by atoms with Crippen LogP contribution >= 0.6 is 34.4 Å². The molecule has 67 heavy (non-hydrogen) atoms. The van der Waals surface area contributed by atoms with Crippen molar-refractivity contribution in [2.75, 3.05) is 13.2 Å². The van der Waals surface area contributed by atoms with E-state index in [1.807, 2.05) is 48.3 Å². The quantitative estimate of drug-likeness (QED) is 0.127. The van der Waals surface area contributed by atoms with E-state index < -0.39 is 10.8 Å². The molecule has 2 heterocycles. The van der Waals surface area contributed by atoms with Crippen molar-refractivity contribution in [3.63, 3.8) is 0 Å². The average Bonchev–Trinajstić information content (AvgIpc) is 4.17. The summed E-state index contributed by atoms with van der Waals surface area (Å²) in [5.41, 5.74) is 11.9. The van der Waals surface area contributed by atoms with Crippen LogP contribution < -0.4 is 9.47 Å². The maximum atomic E-state index is 5.96. The summed E-state index contributed by atoms with van der Waals surface area (Å²) in [5, 5.41) is 4.64. The van der Waals surface area contributed by atoms with Gasteiger partial charge < -0.3 is 9.47 Å². The van der Waals surface area contributed by atoms with Crippen LogP contribution in [0.15, 0.2) is 203 Å². The topological polar surface area (TPSA) is 18.5 Å². The fraction of sp³-hybridized carbons (Fsp3) is 0.0968. The van der Waals surface area contributed by atoms with Crippen molar-refractivity contribution in [3.8, 4) is 57.4 Å². The van der Waals surface area contributed by atoms with E-state index in [1.54, 1.807) is 0 Å². The van der Waals surface area contributed by atoms with Gasteiger partial charge >= 0.3 is 0 Å². The van der Waals surface area contributed by atoms with E-state index in [0.29, 0.717) is 13.2 Å². The first-order valence-electron chi connectivity index (χ1n) is 22.5. The molecule has 0 N–H and O–H groups in total. The Morgan fingerprint density at radius 2 is 0.761 bits per heavy atom. The Kier molecular flexibility index (Phi) is 10.4. The number of hydrogen-bond donors (Lipinski definition) is 0. The van der Waals surface area contributed by atoms with Crippen LogP contribution in [0.3, 0.4) is 0 Å². The van der Waals surface area contributed by atoms with Crippen LogP contribution in [0.4, 0.5) is 0 Å². The minimum Gasteiger partial charge on any atom is -0.481 e. The number of thiophene rings is 2. The second-order valence-electron chi connectivity index (χ2n) is 16.9. The molecule has 0 saturated carbocycles. The van der Waals surface area contributed by atoms with E-state index in [4.69, 9.17) is 9.47 Å². The van der Waals surface area contributed by atoms with E-state index in [1.165, 1.54) is 84.6 Å². The van der Waals surface area contributed by atoms with Crippen LogP contribution in [0, 0.1) is 23.7 Å². The van der Waals surface area contributed by atoms with Crippen molar-refractivity contribution in [1.82, 2.24) is 0 Å². The molecule has 0 spiro atoms. The summed E-state index contributed by atoms with van der Waals surface area (Å²) in [4.78, 5) is 2.61. The smallest absolute Gasteiger partial charge is 0.149 e. The zero-order valence-electron chi connectivity index (χ0n) is 36.9. The molecule has 0 amide bonds. The van der Waals surface area contributed by atoms with E-state index in [9.17, 15) is 0 Å². The summed E-state index contributed by atoms with van der Waals surface area (Å²) in [6.07, 6.45) is 0. The zero-order valence-corrected chi connectivity index (χ0v) is 39.4. The van der Waals surface area contributed by atoms with Gasteiger partial charge in [-0.25, -0.2) is 0 Å². The van der Waals surface area contributed by atoms with Crippen LogP contribution in [0.1, 0.15) is 57.0 Å². The molecule has 2 aliphatic rings. The van der Waals surface area contributed by atoms with E-state index >= 15 is 0 Å². The standard InChI is InChI=1S/C62H42O2S3/c1-3-5-35-63-47-29-25-41-37-45(27-23-43(41)39-47)61(53-19-11-7-15-49(53)50-16-8-12-20-54(50)61)57-31-33-59(65-57)67-60-34-32-58(66-60)62(55-21-13-9-17-51(55)52-18-10-14-22-56(52)62)46-28-24-44-40-48(64-36-6-4-2)30-26-42(44)38-46/h7-34,37-40H,35-36H2,1-2H3. The summed E-state index contributed by atoms with van der Waals surface area (Å²) >= 11 is 5.69. The summed E-state index contributed by atoms with van der Waals surface area (Å²) in [5.74, 6) is 13.5. The normalized spacial score (nSPS) is 13.4. The molecule has 0 radical (unpaired) electrons. The van der Waals surface area contributed by atoms with Crippen molar-refractivity contribution >= 4 is 56.0 Å². The Hall–Kier alpha value is -7.25. The van der Waals surface area contributed by atoms with Gasteiger partial charge in [0.15, 0.2) is 0 Å². The predicted octanol–water partition coefficient (Wildman–Crippen LogP) is 15.8. The van der Waals surface area contributed by atoms with Gasteiger partial charge in [-0.3, -0.25) is 0 Å². The highest BCUT2D eigenvalue weighted by atomic mass is 32.2. The highest BCUT2D eigenvalue weighted by Crippen LogP contribution is 2.60. The van der Waals surface area contributed by atoms with E-state index in [-0.39, 0.29) is 0 Å². The fourth-order valence-electron chi connectivity index (χ4n) is 10.6. The summed E-state index contributed by atoms with van der Waals surface area (Å²) in [6.45, 7) is 4.43. The number of benzene rings is 8. The molecule has 5 heteroatoms. The molecule has 12 rings (SSSR count). The van der Waals surface area contributed by atoms with Crippen LogP contribution in [0.2, 0.25) is 0 Å². The Morgan fingerprint density at radius 1 is 0.403 bits per heavy atom. The van der Waals surface area contributed by atoms with Crippen molar-refractivity contribution in [2.45, 2.75) is 33.1 Å². The molecule has 0 aliphatic heterocycles. The minimum absolute atomic E-state index is 0.378. The van der Waals surface area contributed by atoms with Crippen molar-refractivity contribution in [2.24, 2.45) is 0 Å². The number of hydrogen-bond acceptors (Lipinski definition) is 5. The SMILES string of the molecule is CC#CCOc1ccc2cc(C3(c4ccc(Sc5ccc(C6(c7ccc8cc(OCC#CC)ccc8c7)c7ccccc7-c7ccccc76)s5)s4)c4ccccc4-c4ccccc43)ccc2c1. The summed E-state index contributed by atoms with van der Waals surface area (Å²) in [7, 11) is 0. The average molecular weight is 915 g/mol. The minimum atomic E-state index is -0.495. The lowest BCUT2D eigenvalue weighted by Crippen LogP contribution is -2.27. The van der Waals surface area contributed by atoms with Gasteiger partial charge in [-0.2, -0.15) is 0 Å². The van der Waals surface area contributed by atoms with Gasteiger partial charge in [-0.05, 0) is 152 Å². The van der Waals surface area contributed by atoms with Crippen LogP contribution in [-0.2, 0) is 10.8 Å². The summed E-state index contributed by atoms with van der Waals surface area (Å²) in [6, 6.07) is 72.1. The first kappa shape index (κ1) is 41.2. The van der Waals surface area contributed by atoms with Crippen LogP contribution in [0.25, 0.3) is 43.8 Å². The lowest BCUT2D eigenvalue weighted by molar-refractivity contribution is 0.370. The second kappa shape index (κ2) is 16.9. The molecular formula is C62H42O2S3. The third-order valence-corrected chi connectivity index (χ3v) is 17.1. The van der Waals surface area contributed by atoms with Gasteiger partial charge in [0.1, 0.15) is 24.7 Å². The molecule has 320 valence electrons. The van der Waals surface area contributed by atoms with Gasteiger partial charge in [-0.15, -0.1) is 34.5 Å². The lowest BCUT2D eigenvalue weighted by Gasteiger charge is -2.32. The second-order valence-corrected chi connectivity index (χ2v) is 20.7. The Balaban J connectivity index is 0.957. The number of rotatable bonds is 10. The molecule has 8 aromatic carbocycles. The van der Waals surface area contributed by atoms with E-state index in [2.05, 4.69) is 218 Å². The van der Waals surface area contributed by atoms with Crippen LogP contribution in [-0.4, -0.2) is 13.2 Å². The van der Waals surface area contributed by atoms with Crippen molar-refractivity contribution in [1.29, 1.82) is 0 Å². The third-order valence-electron chi connectivity index (χ3n) is 13.5. The van der Waals surface area contributed by atoms with Gasteiger partial charge in [0, 0.05) is 9.75 Å². The summed E-state index contributed by atoms with van der Waals surface area (Å²) < 4.78 is 14.4. The zero-order chi connectivity index (χ0) is 45.0.